The van der Waals surface area contributed by atoms with E-state index in [1.54, 1.807) is 14.2 Å². The van der Waals surface area contributed by atoms with Gasteiger partial charge in [0.25, 0.3) is 0 Å². The molecule has 2 aromatic rings. The van der Waals surface area contributed by atoms with Gasteiger partial charge in [-0.2, -0.15) is 0 Å². The lowest BCUT2D eigenvalue weighted by Gasteiger charge is -2.09. The molecular formula is C16H22N4O3S. The number of carbonyl (C=O) groups is 1. The Morgan fingerprint density at radius 1 is 1.17 bits per heavy atom. The monoisotopic (exact) mass is 350 g/mol. The van der Waals surface area contributed by atoms with Crippen molar-refractivity contribution in [3.05, 3.63) is 30.3 Å². The van der Waals surface area contributed by atoms with Crippen molar-refractivity contribution in [2.75, 3.05) is 39.7 Å². The molecule has 0 radical (unpaired) electrons. The van der Waals surface area contributed by atoms with Gasteiger partial charge in [0.15, 0.2) is 11.0 Å². The topological polar surface area (TPSA) is 78.3 Å². The van der Waals surface area contributed by atoms with Gasteiger partial charge in [-0.25, -0.2) is 0 Å². The van der Waals surface area contributed by atoms with Crippen LogP contribution in [0.2, 0.25) is 0 Å². The lowest BCUT2D eigenvalue weighted by atomic mass is 10.2. The number of carbonyl (C=O) groups excluding carboxylic acids is 1. The molecule has 130 valence electrons. The quantitative estimate of drug-likeness (QED) is 0.516. The summed E-state index contributed by atoms with van der Waals surface area (Å²) >= 11 is 1.36. The van der Waals surface area contributed by atoms with Gasteiger partial charge in [-0.15, -0.1) is 10.2 Å². The number of hydrogen-bond acceptors (Lipinski definition) is 6. The second-order valence-corrected chi connectivity index (χ2v) is 5.89. The molecule has 1 aromatic carbocycles. The van der Waals surface area contributed by atoms with Crippen molar-refractivity contribution in [3.63, 3.8) is 0 Å². The van der Waals surface area contributed by atoms with Crippen LogP contribution in [0.5, 0.6) is 0 Å². The summed E-state index contributed by atoms with van der Waals surface area (Å²) in [6.45, 7) is 2.17. The van der Waals surface area contributed by atoms with Gasteiger partial charge in [0.05, 0.1) is 25.5 Å². The summed E-state index contributed by atoms with van der Waals surface area (Å²) in [6, 6.07) is 9.85. The van der Waals surface area contributed by atoms with Gasteiger partial charge in [-0.1, -0.05) is 42.1 Å². The van der Waals surface area contributed by atoms with E-state index < -0.39 is 0 Å². The molecule has 1 aromatic heterocycles. The van der Waals surface area contributed by atoms with Crippen molar-refractivity contribution in [1.29, 1.82) is 0 Å². The van der Waals surface area contributed by atoms with E-state index in [1.165, 1.54) is 11.8 Å². The van der Waals surface area contributed by atoms with Crippen LogP contribution in [0.25, 0.3) is 11.4 Å². The largest absolute Gasteiger partial charge is 0.383 e. The molecule has 0 unspecified atom stereocenters. The Morgan fingerprint density at radius 3 is 2.62 bits per heavy atom. The standard InChI is InChI=1S/C16H22N4O3S/c1-22-10-8-17-14(21)12-24-16-19-18-15(20(16)9-11-23-2)13-6-4-3-5-7-13/h3-7H,8-12H2,1-2H3,(H,17,21). The van der Waals surface area contributed by atoms with E-state index in [2.05, 4.69) is 15.5 Å². The summed E-state index contributed by atoms with van der Waals surface area (Å²) in [4.78, 5) is 11.8. The molecule has 2 rings (SSSR count). The lowest BCUT2D eigenvalue weighted by molar-refractivity contribution is -0.118. The highest BCUT2D eigenvalue weighted by atomic mass is 32.2. The molecule has 0 fully saturated rings. The minimum Gasteiger partial charge on any atom is -0.383 e. The van der Waals surface area contributed by atoms with E-state index in [-0.39, 0.29) is 11.7 Å². The first-order valence-electron chi connectivity index (χ1n) is 7.62. The van der Waals surface area contributed by atoms with E-state index in [4.69, 9.17) is 9.47 Å². The zero-order valence-corrected chi connectivity index (χ0v) is 14.7. The maximum atomic E-state index is 11.8. The first kappa shape index (κ1) is 18.4. The third kappa shape index (κ3) is 5.33. The van der Waals surface area contributed by atoms with Gasteiger partial charge < -0.3 is 14.8 Å². The van der Waals surface area contributed by atoms with Crippen LogP contribution >= 0.6 is 11.8 Å². The molecule has 0 aliphatic rings. The number of methoxy groups -OCH3 is 2. The van der Waals surface area contributed by atoms with E-state index in [0.29, 0.717) is 31.5 Å². The minimum absolute atomic E-state index is 0.0559. The maximum Gasteiger partial charge on any atom is 0.230 e. The molecule has 0 atom stereocenters. The first-order chi connectivity index (χ1) is 11.8. The molecule has 0 aliphatic carbocycles. The van der Waals surface area contributed by atoms with Crippen molar-refractivity contribution in [1.82, 2.24) is 20.1 Å². The number of rotatable bonds is 10. The lowest BCUT2D eigenvalue weighted by Crippen LogP contribution is -2.28. The number of aromatic nitrogens is 3. The summed E-state index contributed by atoms with van der Waals surface area (Å²) in [5, 5.41) is 12.0. The number of benzene rings is 1. The maximum absolute atomic E-state index is 11.8. The first-order valence-corrected chi connectivity index (χ1v) is 8.60. The van der Waals surface area contributed by atoms with Gasteiger partial charge in [0, 0.05) is 26.3 Å². The third-order valence-corrected chi connectivity index (χ3v) is 4.20. The van der Waals surface area contributed by atoms with Crippen molar-refractivity contribution in [2.24, 2.45) is 0 Å². The molecule has 8 heteroatoms. The number of amides is 1. The molecule has 0 saturated heterocycles. The fourth-order valence-corrected chi connectivity index (χ4v) is 2.85. The molecule has 1 amide bonds. The predicted molar refractivity (Wildman–Crippen MR) is 92.9 cm³/mol. The second-order valence-electron chi connectivity index (χ2n) is 4.95. The van der Waals surface area contributed by atoms with Crippen LogP contribution in [0, 0.1) is 0 Å². The minimum atomic E-state index is -0.0559. The Hall–Kier alpha value is -1.90. The van der Waals surface area contributed by atoms with Crippen molar-refractivity contribution < 1.29 is 14.3 Å². The highest BCUT2D eigenvalue weighted by Crippen LogP contribution is 2.23. The highest BCUT2D eigenvalue weighted by molar-refractivity contribution is 7.99. The van der Waals surface area contributed by atoms with Crippen molar-refractivity contribution in [2.45, 2.75) is 11.7 Å². The summed E-state index contributed by atoms with van der Waals surface area (Å²) in [5.41, 5.74) is 0.984. The zero-order chi connectivity index (χ0) is 17.2. The Labute approximate surface area is 145 Å². The molecule has 7 nitrogen and oxygen atoms in total. The molecule has 0 spiro atoms. The van der Waals surface area contributed by atoms with Crippen LogP contribution in [-0.4, -0.2) is 60.4 Å². The van der Waals surface area contributed by atoms with Crippen molar-refractivity contribution in [3.8, 4) is 11.4 Å². The molecular weight excluding hydrogens is 328 g/mol. The van der Waals surface area contributed by atoms with Crippen LogP contribution in [0.4, 0.5) is 0 Å². The normalized spacial score (nSPS) is 10.8. The zero-order valence-electron chi connectivity index (χ0n) is 13.9. The van der Waals surface area contributed by atoms with Crippen LogP contribution in [0.3, 0.4) is 0 Å². The molecule has 24 heavy (non-hydrogen) atoms. The number of thioether (sulfide) groups is 1. The van der Waals surface area contributed by atoms with Gasteiger partial charge in [0.1, 0.15) is 0 Å². The van der Waals surface area contributed by atoms with Crippen LogP contribution < -0.4 is 5.32 Å². The molecule has 1 N–H and O–H groups in total. The number of hydrogen-bond donors (Lipinski definition) is 1. The summed E-state index contributed by atoms with van der Waals surface area (Å²) in [5.74, 6) is 0.999. The SMILES string of the molecule is COCCNC(=O)CSc1nnc(-c2ccccc2)n1CCOC. The molecule has 0 aliphatic heterocycles. The number of ether oxygens (including phenoxy) is 2. The highest BCUT2D eigenvalue weighted by Gasteiger charge is 2.15. The smallest absolute Gasteiger partial charge is 0.230 e. The van der Waals surface area contributed by atoms with Gasteiger partial charge in [-0.3, -0.25) is 9.36 Å². The van der Waals surface area contributed by atoms with E-state index in [1.807, 2.05) is 34.9 Å². The molecule has 0 bridgehead atoms. The number of nitrogens with zero attached hydrogens (tertiary/aromatic N) is 3. The summed E-state index contributed by atoms with van der Waals surface area (Å²) in [7, 11) is 3.26. The van der Waals surface area contributed by atoms with Gasteiger partial charge in [0.2, 0.25) is 5.91 Å². The van der Waals surface area contributed by atoms with Crippen LogP contribution in [-0.2, 0) is 20.8 Å². The molecule has 0 saturated carbocycles. The van der Waals surface area contributed by atoms with Crippen LogP contribution in [0.1, 0.15) is 0 Å². The van der Waals surface area contributed by atoms with Gasteiger partial charge >= 0.3 is 0 Å². The van der Waals surface area contributed by atoms with Crippen molar-refractivity contribution >= 4 is 17.7 Å². The summed E-state index contributed by atoms with van der Waals surface area (Å²) < 4.78 is 12.1. The molecule has 1 heterocycles. The Bertz CT molecular complexity index is 634. The Morgan fingerprint density at radius 2 is 1.92 bits per heavy atom. The third-order valence-electron chi connectivity index (χ3n) is 3.23. The van der Waals surface area contributed by atoms with E-state index in [0.717, 1.165) is 11.4 Å². The second kappa shape index (κ2) is 10.1. The number of nitrogens with one attached hydrogen (secondary N) is 1. The predicted octanol–water partition coefficient (Wildman–Crippen LogP) is 1.45. The van der Waals surface area contributed by atoms with Crippen LogP contribution in [0.15, 0.2) is 35.5 Å². The van der Waals surface area contributed by atoms with Gasteiger partial charge in [-0.05, 0) is 0 Å². The average molecular weight is 350 g/mol. The van der Waals surface area contributed by atoms with E-state index in [9.17, 15) is 4.79 Å². The van der Waals surface area contributed by atoms with E-state index >= 15 is 0 Å². The average Bonchev–Trinajstić information content (AvgIpc) is 3.02. The Balaban J connectivity index is 2.06. The Kier molecular flexibility index (Phi) is 7.73. The fraction of sp³-hybridized carbons (Fsp3) is 0.438. The fourth-order valence-electron chi connectivity index (χ4n) is 2.05. The summed E-state index contributed by atoms with van der Waals surface area (Å²) in [6.07, 6.45) is 0.